The van der Waals surface area contributed by atoms with Crippen molar-refractivity contribution >= 4 is 17.3 Å². The van der Waals surface area contributed by atoms with Gasteiger partial charge in [0.1, 0.15) is 5.75 Å². The van der Waals surface area contributed by atoms with Gasteiger partial charge in [-0.15, -0.1) is 10.2 Å². The number of halogens is 2. The minimum atomic E-state index is -2.85. The van der Waals surface area contributed by atoms with Crippen molar-refractivity contribution in [1.29, 1.82) is 0 Å². The smallest absolute Gasteiger partial charge is 0.387 e. The Morgan fingerprint density at radius 1 is 1.23 bits per heavy atom. The Morgan fingerprint density at radius 2 is 2.07 bits per heavy atom. The molecule has 3 aromatic rings. The van der Waals surface area contributed by atoms with Crippen LogP contribution in [0.5, 0.6) is 5.75 Å². The molecule has 0 amide bonds. The molecule has 1 aliphatic rings. The maximum atomic E-state index is 12.7. The molecule has 30 heavy (non-hydrogen) atoms. The van der Waals surface area contributed by atoms with E-state index < -0.39 is 6.61 Å². The molecular weight excluding hydrogens is 392 g/mol. The number of fused-ring (bicyclic) bond motifs is 1. The predicted molar refractivity (Wildman–Crippen MR) is 110 cm³/mol. The van der Waals surface area contributed by atoms with Crippen LogP contribution < -0.4 is 20.3 Å². The number of para-hydroxylation sites is 2. The van der Waals surface area contributed by atoms with Crippen molar-refractivity contribution in [2.45, 2.75) is 25.6 Å². The highest BCUT2D eigenvalue weighted by Crippen LogP contribution is 2.31. The fraction of sp³-hybridized carbons (Fsp3) is 0.350. The summed E-state index contributed by atoms with van der Waals surface area (Å²) in [5.74, 6) is 1.61. The van der Waals surface area contributed by atoms with Crippen molar-refractivity contribution in [2.75, 3.05) is 25.0 Å². The fourth-order valence-electron chi connectivity index (χ4n) is 3.57. The van der Waals surface area contributed by atoms with E-state index in [4.69, 9.17) is 0 Å². The van der Waals surface area contributed by atoms with Gasteiger partial charge in [0, 0.05) is 32.4 Å². The monoisotopic (exact) mass is 415 g/mol. The molecule has 1 aromatic carbocycles. The molecule has 1 fully saturated rings. The van der Waals surface area contributed by atoms with Crippen LogP contribution in [-0.2, 0) is 6.54 Å². The summed E-state index contributed by atoms with van der Waals surface area (Å²) in [6.45, 7) is -1.00. The summed E-state index contributed by atoms with van der Waals surface area (Å²) >= 11 is 0. The molecule has 158 valence electrons. The van der Waals surface area contributed by atoms with Gasteiger partial charge in [0.05, 0.1) is 12.2 Å². The first-order valence-corrected chi connectivity index (χ1v) is 9.68. The number of aromatic nitrogens is 3. The molecule has 1 aliphatic heterocycles. The number of nitrogens with zero attached hydrogens (tertiary/aromatic N) is 5. The molecule has 1 saturated heterocycles. The minimum absolute atomic E-state index is 0.117. The van der Waals surface area contributed by atoms with Gasteiger partial charge >= 0.3 is 6.61 Å². The van der Waals surface area contributed by atoms with Gasteiger partial charge in [0.2, 0.25) is 0 Å². The zero-order valence-corrected chi connectivity index (χ0v) is 16.5. The van der Waals surface area contributed by atoms with Crippen molar-refractivity contribution < 1.29 is 13.5 Å². The summed E-state index contributed by atoms with van der Waals surface area (Å²) in [5.41, 5.74) is 1.45. The van der Waals surface area contributed by atoms with E-state index in [0.717, 1.165) is 24.4 Å². The summed E-state index contributed by atoms with van der Waals surface area (Å²) < 4.78 is 32.0. The van der Waals surface area contributed by atoms with E-state index in [1.807, 2.05) is 39.8 Å². The van der Waals surface area contributed by atoms with Gasteiger partial charge in [-0.05, 0) is 30.7 Å². The summed E-state index contributed by atoms with van der Waals surface area (Å²) in [4.78, 5) is 6.32. The Hall–Kier alpha value is -3.43. The van der Waals surface area contributed by atoms with Crippen molar-refractivity contribution in [2.24, 2.45) is 4.99 Å². The van der Waals surface area contributed by atoms with Crippen molar-refractivity contribution in [3.8, 4) is 5.75 Å². The van der Waals surface area contributed by atoms with Crippen LogP contribution in [0.25, 0.3) is 5.65 Å². The van der Waals surface area contributed by atoms with E-state index in [2.05, 4.69) is 30.6 Å². The lowest BCUT2D eigenvalue weighted by molar-refractivity contribution is -0.0495. The summed E-state index contributed by atoms with van der Waals surface area (Å²) in [5, 5.41) is 15.0. The third-order valence-corrected chi connectivity index (χ3v) is 4.97. The maximum absolute atomic E-state index is 12.7. The second kappa shape index (κ2) is 8.93. The molecule has 2 aromatic heterocycles. The third kappa shape index (κ3) is 4.42. The van der Waals surface area contributed by atoms with Gasteiger partial charge < -0.3 is 20.3 Å². The van der Waals surface area contributed by atoms with Crippen LogP contribution in [0.2, 0.25) is 0 Å². The van der Waals surface area contributed by atoms with Gasteiger partial charge in [-0.2, -0.15) is 8.78 Å². The standard InChI is InChI=1S/C20H23F2N7O/c1-23-20(24-12-18-27-26-17-8-4-5-10-29(17)18)25-14-9-11-28(13-14)15-6-2-3-7-16(15)30-19(21)22/h2-8,10,14,19H,9,11-13H2,1H3,(H2,23,24,25). The minimum Gasteiger partial charge on any atom is -0.433 e. The lowest BCUT2D eigenvalue weighted by atomic mass is 10.2. The molecule has 1 unspecified atom stereocenters. The number of anilines is 1. The number of rotatable bonds is 6. The first-order valence-electron chi connectivity index (χ1n) is 9.68. The largest absolute Gasteiger partial charge is 0.433 e. The van der Waals surface area contributed by atoms with Crippen LogP contribution in [-0.4, -0.2) is 53.3 Å². The average Bonchev–Trinajstić information content (AvgIpc) is 3.38. The summed E-state index contributed by atoms with van der Waals surface area (Å²) in [7, 11) is 1.70. The third-order valence-electron chi connectivity index (χ3n) is 4.97. The van der Waals surface area contributed by atoms with E-state index in [0.29, 0.717) is 24.7 Å². The van der Waals surface area contributed by atoms with Crippen LogP contribution in [0.4, 0.5) is 14.5 Å². The molecule has 10 heteroatoms. The van der Waals surface area contributed by atoms with Gasteiger partial charge in [-0.3, -0.25) is 9.39 Å². The van der Waals surface area contributed by atoms with Crippen molar-refractivity contribution in [3.63, 3.8) is 0 Å². The lowest BCUT2D eigenvalue weighted by Crippen LogP contribution is -2.44. The Bertz CT molecular complexity index is 1020. The Morgan fingerprint density at radius 3 is 2.90 bits per heavy atom. The van der Waals surface area contributed by atoms with Crippen LogP contribution in [0.3, 0.4) is 0 Å². The normalized spacial score (nSPS) is 17.0. The van der Waals surface area contributed by atoms with Crippen LogP contribution in [0.15, 0.2) is 53.7 Å². The zero-order valence-electron chi connectivity index (χ0n) is 16.5. The first kappa shape index (κ1) is 19.9. The number of ether oxygens (including phenoxy) is 1. The zero-order chi connectivity index (χ0) is 20.9. The van der Waals surface area contributed by atoms with E-state index >= 15 is 0 Å². The predicted octanol–water partition coefficient (Wildman–Crippen LogP) is 2.27. The van der Waals surface area contributed by atoms with Crippen LogP contribution >= 0.6 is 0 Å². The Kier molecular flexibility index (Phi) is 5.92. The SMILES string of the molecule is CN=C(NCc1nnc2ccccn12)NC1CCN(c2ccccc2OC(F)F)C1. The number of guanidine groups is 1. The van der Waals surface area contributed by atoms with Gasteiger partial charge in [-0.1, -0.05) is 18.2 Å². The molecular formula is C20H23F2N7O. The van der Waals surface area contributed by atoms with Crippen LogP contribution in [0, 0.1) is 0 Å². The second-order valence-corrected chi connectivity index (χ2v) is 6.89. The molecule has 2 N–H and O–H groups in total. The van der Waals surface area contributed by atoms with Crippen LogP contribution in [0.1, 0.15) is 12.2 Å². The number of hydrogen-bond donors (Lipinski definition) is 2. The Balaban J connectivity index is 1.35. The number of alkyl halides is 2. The quantitative estimate of drug-likeness (QED) is 0.475. The Labute approximate surface area is 172 Å². The highest BCUT2D eigenvalue weighted by atomic mass is 19.3. The molecule has 0 aliphatic carbocycles. The summed E-state index contributed by atoms with van der Waals surface area (Å²) in [6, 6.07) is 12.7. The van der Waals surface area contributed by atoms with E-state index in [9.17, 15) is 8.78 Å². The number of benzene rings is 1. The van der Waals surface area contributed by atoms with E-state index in [1.54, 1.807) is 25.2 Å². The number of nitrogens with one attached hydrogen (secondary N) is 2. The maximum Gasteiger partial charge on any atom is 0.387 e. The molecule has 0 spiro atoms. The van der Waals surface area contributed by atoms with Gasteiger partial charge in [0.25, 0.3) is 0 Å². The summed E-state index contributed by atoms with van der Waals surface area (Å²) in [6.07, 6.45) is 2.76. The number of hydrogen-bond acceptors (Lipinski definition) is 5. The van der Waals surface area contributed by atoms with Crippen molar-refractivity contribution in [3.05, 3.63) is 54.5 Å². The van der Waals surface area contributed by atoms with E-state index in [-0.39, 0.29) is 11.8 Å². The highest BCUT2D eigenvalue weighted by molar-refractivity contribution is 5.80. The average molecular weight is 415 g/mol. The van der Waals surface area contributed by atoms with E-state index in [1.165, 1.54) is 0 Å². The second-order valence-electron chi connectivity index (χ2n) is 6.89. The molecule has 0 bridgehead atoms. The molecule has 1 atom stereocenters. The first-order chi connectivity index (χ1) is 14.6. The molecule has 0 radical (unpaired) electrons. The highest BCUT2D eigenvalue weighted by Gasteiger charge is 2.26. The van der Waals surface area contributed by atoms with Crippen molar-refractivity contribution in [1.82, 2.24) is 25.2 Å². The molecule has 3 heterocycles. The lowest BCUT2D eigenvalue weighted by Gasteiger charge is -2.22. The number of aliphatic imine (C=N–C) groups is 1. The topological polar surface area (TPSA) is 79.1 Å². The molecule has 8 nitrogen and oxygen atoms in total. The molecule has 4 rings (SSSR count). The number of pyridine rings is 1. The van der Waals surface area contributed by atoms with Gasteiger partial charge in [0.15, 0.2) is 17.4 Å². The molecule has 0 saturated carbocycles. The fourth-order valence-corrected chi connectivity index (χ4v) is 3.57. The van der Waals surface area contributed by atoms with Gasteiger partial charge in [-0.25, -0.2) is 0 Å².